The lowest BCUT2D eigenvalue weighted by molar-refractivity contribution is 0.111. The fourth-order valence-corrected chi connectivity index (χ4v) is 1.22. The molecule has 0 aliphatic carbocycles. The molecule has 2 rings (SSSR count). The highest BCUT2D eigenvalue weighted by Gasteiger charge is 2.03. The number of hydrogen-bond donors (Lipinski definition) is 0. The van der Waals surface area contributed by atoms with E-state index in [4.69, 9.17) is 0 Å². The number of aromatic nitrogens is 3. The molecule has 0 saturated carbocycles. The van der Waals surface area contributed by atoms with Crippen LogP contribution in [0, 0.1) is 6.92 Å². The van der Waals surface area contributed by atoms with Gasteiger partial charge in [0.05, 0.1) is 5.69 Å². The number of aldehydes is 1. The second-order valence-electron chi connectivity index (χ2n) is 2.92. The molecular weight excluding hydrogens is 178 g/mol. The molecule has 0 aliphatic heterocycles. The molecule has 0 amide bonds. The Kier molecular flexibility index (Phi) is 2.10. The lowest BCUT2D eigenvalue weighted by atomic mass is 10.4. The van der Waals surface area contributed by atoms with Crippen molar-refractivity contribution in [3.8, 4) is 5.95 Å². The van der Waals surface area contributed by atoms with E-state index < -0.39 is 0 Å². The fraction of sp³-hybridized carbons (Fsp3) is 0.100. The minimum Gasteiger partial charge on any atom is -0.296 e. The van der Waals surface area contributed by atoms with Gasteiger partial charge >= 0.3 is 0 Å². The summed E-state index contributed by atoms with van der Waals surface area (Å²) in [6, 6.07) is 5.32. The Labute approximate surface area is 81.2 Å². The second kappa shape index (κ2) is 3.41. The number of aryl methyl sites for hydroxylation is 1. The van der Waals surface area contributed by atoms with Crippen LogP contribution in [-0.4, -0.2) is 20.8 Å². The molecule has 2 aromatic heterocycles. The van der Waals surface area contributed by atoms with Gasteiger partial charge in [0.15, 0.2) is 6.29 Å². The van der Waals surface area contributed by atoms with Crippen molar-refractivity contribution in [2.45, 2.75) is 6.92 Å². The Hall–Kier alpha value is -1.97. The quantitative estimate of drug-likeness (QED) is 0.667. The molecule has 0 aliphatic rings. The predicted molar refractivity (Wildman–Crippen MR) is 51.5 cm³/mol. The van der Waals surface area contributed by atoms with Crippen molar-refractivity contribution in [3.05, 3.63) is 42.0 Å². The van der Waals surface area contributed by atoms with Crippen LogP contribution in [0.1, 0.15) is 16.2 Å². The van der Waals surface area contributed by atoms with Gasteiger partial charge in [0.2, 0.25) is 5.95 Å². The van der Waals surface area contributed by atoms with Gasteiger partial charge in [-0.3, -0.25) is 9.36 Å². The van der Waals surface area contributed by atoms with Crippen molar-refractivity contribution in [1.29, 1.82) is 0 Å². The third-order valence-corrected chi connectivity index (χ3v) is 1.90. The Morgan fingerprint density at radius 1 is 1.43 bits per heavy atom. The molecule has 0 N–H and O–H groups in total. The van der Waals surface area contributed by atoms with Crippen molar-refractivity contribution in [3.63, 3.8) is 0 Å². The monoisotopic (exact) mass is 187 g/mol. The minimum absolute atomic E-state index is 0.525. The van der Waals surface area contributed by atoms with Crippen LogP contribution in [0.3, 0.4) is 0 Å². The average molecular weight is 187 g/mol. The van der Waals surface area contributed by atoms with Crippen LogP contribution >= 0.6 is 0 Å². The smallest absolute Gasteiger partial charge is 0.234 e. The van der Waals surface area contributed by atoms with Crippen molar-refractivity contribution in [1.82, 2.24) is 14.5 Å². The fourth-order valence-electron chi connectivity index (χ4n) is 1.22. The maximum absolute atomic E-state index is 10.7. The highest BCUT2D eigenvalue weighted by molar-refractivity contribution is 5.73. The first-order valence-electron chi connectivity index (χ1n) is 4.24. The van der Waals surface area contributed by atoms with Crippen LogP contribution in [0.5, 0.6) is 0 Å². The molecule has 0 bridgehead atoms. The molecule has 14 heavy (non-hydrogen) atoms. The summed E-state index contributed by atoms with van der Waals surface area (Å²) in [4.78, 5) is 19.0. The van der Waals surface area contributed by atoms with Crippen molar-refractivity contribution in [2.75, 3.05) is 0 Å². The molecule has 0 fully saturated rings. The highest BCUT2D eigenvalue weighted by atomic mass is 16.1. The minimum atomic E-state index is 0.525. The van der Waals surface area contributed by atoms with Crippen molar-refractivity contribution >= 4 is 6.29 Å². The summed E-state index contributed by atoms with van der Waals surface area (Å²) in [7, 11) is 0. The number of hydrogen-bond acceptors (Lipinski definition) is 3. The third kappa shape index (κ3) is 1.42. The zero-order chi connectivity index (χ0) is 9.97. The number of rotatable bonds is 2. The molecule has 0 atom stereocenters. The topological polar surface area (TPSA) is 47.8 Å². The van der Waals surface area contributed by atoms with Crippen molar-refractivity contribution in [2.24, 2.45) is 0 Å². The molecule has 2 heterocycles. The van der Waals surface area contributed by atoms with Gasteiger partial charge in [-0.25, -0.2) is 9.97 Å². The normalized spacial score (nSPS) is 10.1. The van der Waals surface area contributed by atoms with Crippen LogP contribution in [0.25, 0.3) is 5.95 Å². The van der Waals surface area contributed by atoms with Gasteiger partial charge in [-0.2, -0.15) is 0 Å². The van der Waals surface area contributed by atoms with Gasteiger partial charge in [-0.05, 0) is 25.1 Å². The van der Waals surface area contributed by atoms with E-state index in [0.29, 0.717) is 11.6 Å². The molecule has 4 nitrogen and oxygen atoms in total. The van der Waals surface area contributed by atoms with Crippen LogP contribution in [-0.2, 0) is 0 Å². The summed E-state index contributed by atoms with van der Waals surface area (Å²) in [6.45, 7) is 1.88. The highest BCUT2D eigenvalue weighted by Crippen LogP contribution is 2.06. The van der Waals surface area contributed by atoms with Crippen molar-refractivity contribution < 1.29 is 4.79 Å². The molecule has 0 spiro atoms. The molecule has 0 saturated heterocycles. The average Bonchev–Trinajstić information content (AvgIpc) is 2.65. The third-order valence-electron chi connectivity index (χ3n) is 1.90. The van der Waals surface area contributed by atoms with E-state index >= 15 is 0 Å². The molecule has 2 aromatic rings. The van der Waals surface area contributed by atoms with Crippen LogP contribution < -0.4 is 0 Å². The lowest BCUT2D eigenvalue weighted by Crippen LogP contribution is -2.03. The number of carbonyl (C=O) groups is 1. The van der Waals surface area contributed by atoms with Gasteiger partial charge in [-0.15, -0.1) is 0 Å². The summed E-state index contributed by atoms with van der Waals surface area (Å²) in [5.74, 6) is 0.525. The number of carbonyl (C=O) groups excluding carboxylic acids is 1. The second-order valence-corrected chi connectivity index (χ2v) is 2.92. The van der Waals surface area contributed by atoms with Crippen LogP contribution in [0.4, 0.5) is 0 Å². The molecule has 4 heteroatoms. The largest absolute Gasteiger partial charge is 0.296 e. The maximum atomic E-state index is 10.7. The summed E-state index contributed by atoms with van der Waals surface area (Å²) < 4.78 is 1.65. The van der Waals surface area contributed by atoms with E-state index in [1.807, 2.05) is 13.0 Å². The summed E-state index contributed by atoms with van der Waals surface area (Å²) in [5, 5.41) is 0. The van der Waals surface area contributed by atoms with Crippen LogP contribution in [0.15, 0.2) is 30.6 Å². The van der Waals surface area contributed by atoms with Crippen LogP contribution in [0.2, 0.25) is 0 Å². The number of nitrogens with zero attached hydrogens (tertiary/aromatic N) is 3. The van der Waals surface area contributed by atoms with Gasteiger partial charge in [0, 0.05) is 18.1 Å². The molecule has 0 aromatic carbocycles. The lowest BCUT2D eigenvalue weighted by Gasteiger charge is -2.02. The Morgan fingerprint density at radius 3 is 3.00 bits per heavy atom. The van der Waals surface area contributed by atoms with E-state index in [1.165, 1.54) is 0 Å². The summed E-state index contributed by atoms with van der Waals surface area (Å²) in [6.07, 6.45) is 4.22. The zero-order valence-corrected chi connectivity index (χ0v) is 7.71. The van der Waals surface area contributed by atoms with Gasteiger partial charge in [0.25, 0.3) is 0 Å². The molecular formula is C10H9N3O. The van der Waals surface area contributed by atoms with Gasteiger partial charge in [0.1, 0.15) is 0 Å². The standard InChI is InChI=1S/C10H9N3O/c1-8-4-5-11-10(12-8)13-6-2-3-9(13)7-14/h2-7H,1H3. The first-order valence-corrected chi connectivity index (χ1v) is 4.24. The van der Waals surface area contributed by atoms with E-state index in [9.17, 15) is 4.79 Å². The SMILES string of the molecule is Cc1ccnc(-n2cccc2C=O)n1. The first kappa shape index (κ1) is 8.62. The van der Waals surface area contributed by atoms with E-state index in [-0.39, 0.29) is 0 Å². The van der Waals surface area contributed by atoms with E-state index in [2.05, 4.69) is 9.97 Å². The Balaban J connectivity index is 2.54. The Bertz CT molecular complexity index is 462. The van der Waals surface area contributed by atoms with Gasteiger partial charge in [-0.1, -0.05) is 0 Å². The zero-order valence-electron chi connectivity index (χ0n) is 7.71. The predicted octanol–water partition coefficient (Wildman–Crippen LogP) is 1.39. The molecule has 70 valence electrons. The van der Waals surface area contributed by atoms with Gasteiger partial charge < -0.3 is 0 Å². The van der Waals surface area contributed by atoms with E-state index in [0.717, 1.165) is 12.0 Å². The Morgan fingerprint density at radius 2 is 2.29 bits per heavy atom. The molecule has 0 radical (unpaired) electrons. The summed E-state index contributed by atoms with van der Waals surface area (Å²) >= 11 is 0. The summed E-state index contributed by atoms with van der Waals surface area (Å²) in [5.41, 5.74) is 1.43. The molecule has 0 unspecified atom stereocenters. The maximum Gasteiger partial charge on any atom is 0.234 e. The van der Waals surface area contributed by atoms with E-state index in [1.54, 1.807) is 29.1 Å². The first-order chi connectivity index (χ1) is 6.81.